The Balaban J connectivity index is 1.50. The topological polar surface area (TPSA) is 85.2 Å². The highest BCUT2D eigenvalue weighted by Crippen LogP contribution is 2.21. The molecule has 0 atom stereocenters. The summed E-state index contributed by atoms with van der Waals surface area (Å²) < 4.78 is 7.04. The second-order valence-electron chi connectivity index (χ2n) is 6.70. The van der Waals surface area contributed by atoms with Crippen LogP contribution >= 0.6 is 0 Å². The predicted molar refractivity (Wildman–Crippen MR) is 106 cm³/mol. The zero-order valence-electron chi connectivity index (χ0n) is 15.9. The van der Waals surface area contributed by atoms with Crippen molar-refractivity contribution in [3.8, 4) is 5.69 Å². The van der Waals surface area contributed by atoms with Crippen LogP contribution in [-0.2, 0) is 4.74 Å². The van der Waals surface area contributed by atoms with Crippen molar-refractivity contribution in [2.45, 2.75) is 13.8 Å². The lowest BCUT2D eigenvalue weighted by Gasteiger charge is -2.28. The highest BCUT2D eigenvalue weighted by molar-refractivity contribution is 6.05. The Kier molecular flexibility index (Phi) is 5.03. The summed E-state index contributed by atoms with van der Waals surface area (Å²) in [6.07, 6.45) is 3.10. The van der Waals surface area contributed by atoms with Crippen molar-refractivity contribution in [3.05, 3.63) is 59.8 Å². The smallest absolute Gasteiger partial charge is 0.255 e. The Bertz CT molecular complexity index is 980. The molecule has 1 fully saturated rings. The first-order valence-corrected chi connectivity index (χ1v) is 9.19. The standard InChI is InChI=1S/C20H22N6O2/c1-14-11-16(26-13-21-12-22-26)3-4-17(14)20(27)24-18-5-6-19(23-15(18)2)25-7-9-28-10-8-25/h3-6,11-13H,7-10H2,1-2H3,(H,24,27). The summed E-state index contributed by atoms with van der Waals surface area (Å²) in [5.41, 5.74) is 3.83. The molecule has 28 heavy (non-hydrogen) atoms. The maximum Gasteiger partial charge on any atom is 0.255 e. The molecule has 8 heteroatoms. The van der Waals surface area contributed by atoms with Crippen molar-refractivity contribution in [2.24, 2.45) is 0 Å². The first-order valence-electron chi connectivity index (χ1n) is 9.19. The fourth-order valence-corrected chi connectivity index (χ4v) is 3.22. The van der Waals surface area contributed by atoms with Crippen LogP contribution in [0.1, 0.15) is 21.6 Å². The number of carbonyl (C=O) groups is 1. The molecule has 3 aromatic rings. The molecule has 0 aliphatic carbocycles. The van der Waals surface area contributed by atoms with E-state index in [2.05, 4.69) is 25.3 Å². The number of aryl methyl sites for hydroxylation is 2. The molecule has 0 radical (unpaired) electrons. The van der Waals surface area contributed by atoms with Gasteiger partial charge in [-0.15, -0.1) is 0 Å². The number of morpholine rings is 1. The number of rotatable bonds is 4. The predicted octanol–water partition coefficient (Wildman–Crippen LogP) is 2.37. The van der Waals surface area contributed by atoms with Crippen LogP contribution < -0.4 is 10.2 Å². The molecule has 1 aromatic carbocycles. The minimum atomic E-state index is -0.160. The molecule has 0 unspecified atom stereocenters. The summed E-state index contributed by atoms with van der Waals surface area (Å²) in [6, 6.07) is 9.41. The summed E-state index contributed by atoms with van der Waals surface area (Å²) in [7, 11) is 0. The molecule has 1 aliphatic rings. The number of aromatic nitrogens is 4. The summed E-state index contributed by atoms with van der Waals surface area (Å²) in [6.45, 7) is 6.89. The second-order valence-corrected chi connectivity index (χ2v) is 6.70. The number of pyridine rings is 1. The fourth-order valence-electron chi connectivity index (χ4n) is 3.22. The van der Waals surface area contributed by atoms with Gasteiger partial charge >= 0.3 is 0 Å². The van der Waals surface area contributed by atoms with Crippen LogP contribution in [0.3, 0.4) is 0 Å². The average Bonchev–Trinajstić information content (AvgIpc) is 3.25. The Labute approximate surface area is 163 Å². The third-order valence-corrected chi connectivity index (χ3v) is 4.79. The van der Waals surface area contributed by atoms with Gasteiger partial charge in [0.1, 0.15) is 18.5 Å². The van der Waals surface area contributed by atoms with Crippen molar-refractivity contribution in [1.82, 2.24) is 19.7 Å². The van der Waals surface area contributed by atoms with Crippen molar-refractivity contribution in [2.75, 3.05) is 36.5 Å². The van der Waals surface area contributed by atoms with Crippen LogP contribution in [0.15, 0.2) is 43.0 Å². The summed E-state index contributed by atoms with van der Waals surface area (Å²) in [4.78, 5) is 23.6. The third kappa shape index (κ3) is 3.72. The van der Waals surface area contributed by atoms with Crippen molar-refractivity contribution < 1.29 is 9.53 Å². The van der Waals surface area contributed by atoms with E-state index >= 15 is 0 Å². The number of hydrogen-bond acceptors (Lipinski definition) is 6. The van der Waals surface area contributed by atoms with Gasteiger partial charge in [0.05, 0.1) is 30.3 Å². The van der Waals surface area contributed by atoms with Crippen LogP contribution in [0.2, 0.25) is 0 Å². The number of amides is 1. The molecule has 0 saturated carbocycles. The van der Waals surface area contributed by atoms with E-state index in [-0.39, 0.29) is 5.91 Å². The van der Waals surface area contributed by atoms with Gasteiger partial charge in [-0.1, -0.05) is 0 Å². The summed E-state index contributed by atoms with van der Waals surface area (Å²) in [5.74, 6) is 0.749. The first-order chi connectivity index (χ1) is 13.6. The Morgan fingerprint density at radius 3 is 2.64 bits per heavy atom. The van der Waals surface area contributed by atoms with E-state index in [1.54, 1.807) is 17.1 Å². The summed E-state index contributed by atoms with van der Waals surface area (Å²) >= 11 is 0. The van der Waals surface area contributed by atoms with Gasteiger partial charge in [0.25, 0.3) is 5.91 Å². The van der Waals surface area contributed by atoms with Gasteiger partial charge in [-0.3, -0.25) is 4.79 Å². The quantitative estimate of drug-likeness (QED) is 0.750. The normalized spacial score (nSPS) is 14.1. The number of ether oxygens (including phenoxy) is 1. The van der Waals surface area contributed by atoms with Crippen LogP contribution in [0, 0.1) is 13.8 Å². The molecular formula is C20H22N6O2. The monoisotopic (exact) mass is 378 g/mol. The van der Waals surface area contributed by atoms with Gasteiger partial charge in [0.2, 0.25) is 0 Å². The fraction of sp³-hybridized carbons (Fsp3) is 0.300. The lowest BCUT2D eigenvalue weighted by molar-refractivity contribution is 0.102. The van der Waals surface area contributed by atoms with Crippen LogP contribution in [0.4, 0.5) is 11.5 Å². The Hall–Kier alpha value is -3.26. The number of hydrogen-bond donors (Lipinski definition) is 1. The number of carbonyl (C=O) groups excluding carboxylic acids is 1. The van der Waals surface area contributed by atoms with Crippen molar-refractivity contribution in [1.29, 1.82) is 0 Å². The van der Waals surface area contributed by atoms with Crippen LogP contribution in [0.5, 0.6) is 0 Å². The van der Waals surface area contributed by atoms with Gasteiger partial charge in [0.15, 0.2) is 0 Å². The van der Waals surface area contributed by atoms with E-state index in [0.29, 0.717) is 24.5 Å². The van der Waals surface area contributed by atoms with Gasteiger partial charge in [0, 0.05) is 18.7 Å². The molecule has 144 valence electrons. The van der Waals surface area contributed by atoms with E-state index in [1.807, 2.05) is 38.1 Å². The number of anilines is 2. The summed E-state index contributed by atoms with van der Waals surface area (Å²) in [5, 5.41) is 7.09. The maximum atomic E-state index is 12.8. The third-order valence-electron chi connectivity index (χ3n) is 4.79. The van der Waals surface area contributed by atoms with E-state index in [4.69, 9.17) is 4.74 Å². The molecule has 0 spiro atoms. The minimum absolute atomic E-state index is 0.160. The van der Waals surface area contributed by atoms with Crippen molar-refractivity contribution >= 4 is 17.4 Å². The lowest BCUT2D eigenvalue weighted by Crippen LogP contribution is -2.36. The molecular weight excluding hydrogens is 356 g/mol. The zero-order chi connectivity index (χ0) is 19.5. The number of nitrogens with zero attached hydrogens (tertiary/aromatic N) is 5. The van der Waals surface area contributed by atoms with Gasteiger partial charge in [-0.2, -0.15) is 5.10 Å². The average molecular weight is 378 g/mol. The van der Waals surface area contributed by atoms with Crippen LogP contribution in [-0.4, -0.2) is 52.0 Å². The van der Waals surface area contributed by atoms with E-state index in [9.17, 15) is 4.79 Å². The second kappa shape index (κ2) is 7.77. The zero-order valence-corrected chi connectivity index (χ0v) is 15.9. The molecule has 1 amide bonds. The Morgan fingerprint density at radius 1 is 1.14 bits per heavy atom. The molecule has 1 aliphatic heterocycles. The SMILES string of the molecule is Cc1cc(-n2cncn2)ccc1C(=O)Nc1ccc(N2CCOCC2)nc1C. The van der Waals surface area contributed by atoms with Gasteiger partial charge in [-0.05, 0) is 49.7 Å². The van der Waals surface area contributed by atoms with Crippen molar-refractivity contribution in [3.63, 3.8) is 0 Å². The number of nitrogens with one attached hydrogen (secondary N) is 1. The highest BCUT2D eigenvalue weighted by atomic mass is 16.5. The van der Waals surface area contributed by atoms with Gasteiger partial charge < -0.3 is 15.0 Å². The minimum Gasteiger partial charge on any atom is -0.378 e. The lowest BCUT2D eigenvalue weighted by atomic mass is 10.1. The molecule has 4 rings (SSSR count). The van der Waals surface area contributed by atoms with E-state index in [1.165, 1.54) is 6.33 Å². The van der Waals surface area contributed by atoms with Gasteiger partial charge in [-0.25, -0.2) is 14.6 Å². The van der Waals surface area contributed by atoms with Crippen LogP contribution in [0.25, 0.3) is 5.69 Å². The molecule has 8 nitrogen and oxygen atoms in total. The molecule has 3 heterocycles. The number of benzene rings is 1. The largest absolute Gasteiger partial charge is 0.378 e. The maximum absolute atomic E-state index is 12.8. The molecule has 1 N–H and O–H groups in total. The molecule has 2 aromatic heterocycles. The Morgan fingerprint density at radius 2 is 1.96 bits per heavy atom. The first kappa shape index (κ1) is 18.1. The molecule has 1 saturated heterocycles. The van der Waals surface area contributed by atoms with E-state index < -0.39 is 0 Å². The highest BCUT2D eigenvalue weighted by Gasteiger charge is 2.15. The molecule has 0 bridgehead atoms. The van der Waals surface area contributed by atoms with E-state index in [0.717, 1.165) is 35.9 Å².